The van der Waals surface area contributed by atoms with Crippen molar-refractivity contribution in [2.75, 3.05) is 4.72 Å². The average Bonchev–Trinajstić information content (AvgIpc) is 2.99. The molecule has 1 aromatic heterocycles. The van der Waals surface area contributed by atoms with Gasteiger partial charge in [0.15, 0.2) is 0 Å². The van der Waals surface area contributed by atoms with Crippen LogP contribution in [0.15, 0.2) is 63.9 Å². The van der Waals surface area contributed by atoms with Gasteiger partial charge in [-0.15, -0.1) is 0 Å². The molecule has 7 nitrogen and oxygen atoms in total. The van der Waals surface area contributed by atoms with Crippen molar-refractivity contribution in [1.82, 2.24) is 4.98 Å². The first kappa shape index (κ1) is 19.4. The van der Waals surface area contributed by atoms with Crippen LogP contribution in [-0.2, 0) is 14.8 Å². The summed E-state index contributed by atoms with van der Waals surface area (Å²) in [5, 5.41) is 8.63. The van der Waals surface area contributed by atoms with Crippen molar-refractivity contribution in [2.45, 2.75) is 18.7 Å². The lowest BCUT2D eigenvalue weighted by Crippen LogP contribution is -2.12. The highest BCUT2D eigenvalue weighted by atomic mass is 32.2. The summed E-state index contributed by atoms with van der Waals surface area (Å²) < 4.78 is 33.1. The van der Waals surface area contributed by atoms with Crippen molar-refractivity contribution >= 4 is 27.8 Å². The molecule has 2 N–H and O–H groups in total. The van der Waals surface area contributed by atoms with E-state index in [-0.39, 0.29) is 4.90 Å². The van der Waals surface area contributed by atoms with E-state index in [1.807, 2.05) is 13.8 Å². The number of nitrogens with zero attached hydrogens (tertiary/aromatic N) is 1. The molecule has 8 heteroatoms. The van der Waals surface area contributed by atoms with Gasteiger partial charge in [0.2, 0.25) is 5.89 Å². The quantitative estimate of drug-likeness (QED) is 0.610. The number of aromatic nitrogens is 1. The van der Waals surface area contributed by atoms with Gasteiger partial charge in [-0.3, -0.25) is 4.72 Å². The van der Waals surface area contributed by atoms with Gasteiger partial charge in [0.1, 0.15) is 5.76 Å². The topological polar surface area (TPSA) is 110 Å². The Kier molecular flexibility index (Phi) is 5.32. The van der Waals surface area contributed by atoms with Crippen molar-refractivity contribution in [3.8, 4) is 11.5 Å². The molecule has 2 aromatic carbocycles. The molecule has 0 aliphatic heterocycles. The van der Waals surface area contributed by atoms with Gasteiger partial charge in [0.25, 0.3) is 10.0 Å². The van der Waals surface area contributed by atoms with Crippen molar-refractivity contribution in [3.05, 3.63) is 71.6 Å². The molecule has 0 unspecified atom stereocenters. The Morgan fingerprint density at radius 3 is 2.25 bits per heavy atom. The van der Waals surface area contributed by atoms with Crippen molar-refractivity contribution in [3.63, 3.8) is 0 Å². The standard InChI is InChI=1S/C20H18N2O5S/c1-13-14(2)27-20(21-13)16-6-8-17(9-7-16)22-28(25,26)18-10-3-15(4-11-18)5-12-19(23)24/h3-12,22H,1-2H3,(H,23,24). The number of aryl methyl sites for hydroxylation is 2. The number of carboxylic acid groups (broad SMARTS) is 1. The van der Waals surface area contributed by atoms with Crippen LogP contribution >= 0.6 is 0 Å². The first-order valence-electron chi connectivity index (χ1n) is 8.33. The molecule has 0 radical (unpaired) electrons. The van der Waals surface area contributed by atoms with Crippen LogP contribution in [0.5, 0.6) is 0 Å². The minimum atomic E-state index is -3.77. The minimum absolute atomic E-state index is 0.0722. The van der Waals surface area contributed by atoms with Crippen molar-refractivity contribution < 1.29 is 22.7 Å². The molecule has 0 atom stereocenters. The number of sulfonamides is 1. The Morgan fingerprint density at radius 1 is 1.07 bits per heavy atom. The van der Waals surface area contributed by atoms with Crippen LogP contribution in [-0.4, -0.2) is 24.5 Å². The smallest absolute Gasteiger partial charge is 0.328 e. The molecule has 3 rings (SSSR count). The van der Waals surface area contributed by atoms with Crippen LogP contribution in [0.4, 0.5) is 5.69 Å². The van der Waals surface area contributed by atoms with E-state index in [0.717, 1.165) is 23.1 Å². The van der Waals surface area contributed by atoms with E-state index in [4.69, 9.17) is 9.52 Å². The highest BCUT2D eigenvalue weighted by molar-refractivity contribution is 7.92. The molecule has 0 amide bonds. The lowest BCUT2D eigenvalue weighted by Gasteiger charge is -2.08. The fourth-order valence-electron chi connectivity index (χ4n) is 2.42. The van der Waals surface area contributed by atoms with Crippen molar-refractivity contribution in [2.24, 2.45) is 0 Å². The molecule has 0 aliphatic carbocycles. The fourth-order valence-corrected chi connectivity index (χ4v) is 3.48. The third-order valence-electron chi connectivity index (χ3n) is 4.02. The second-order valence-electron chi connectivity index (χ2n) is 6.08. The summed E-state index contributed by atoms with van der Waals surface area (Å²) in [7, 11) is -3.77. The lowest BCUT2D eigenvalue weighted by atomic mass is 10.2. The highest BCUT2D eigenvalue weighted by Gasteiger charge is 2.14. The molecule has 0 spiro atoms. The average molecular weight is 398 g/mol. The molecule has 0 bridgehead atoms. The maximum atomic E-state index is 12.5. The van der Waals surface area contributed by atoms with Gasteiger partial charge < -0.3 is 9.52 Å². The molecule has 3 aromatic rings. The number of hydrogen-bond acceptors (Lipinski definition) is 5. The van der Waals surface area contributed by atoms with Gasteiger partial charge in [-0.25, -0.2) is 18.2 Å². The second kappa shape index (κ2) is 7.69. The summed E-state index contributed by atoms with van der Waals surface area (Å²) in [6.07, 6.45) is 2.37. The van der Waals surface area contributed by atoms with Crippen LogP contribution in [0.3, 0.4) is 0 Å². The Morgan fingerprint density at radius 2 is 1.71 bits per heavy atom. The SMILES string of the molecule is Cc1nc(-c2ccc(NS(=O)(=O)c3ccc(C=CC(=O)O)cc3)cc2)oc1C. The molecule has 144 valence electrons. The lowest BCUT2D eigenvalue weighted by molar-refractivity contribution is -0.131. The molecule has 0 aliphatic rings. The third-order valence-corrected chi connectivity index (χ3v) is 5.42. The Labute approximate surface area is 162 Å². The number of oxazole rings is 1. The van der Waals surface area contributed by atoms with Crippen LogP contribution < -0.4 is 4.72 Å². The monoisotopic (exact) mass is 398 g/mol. The minimum Gasteiger partial charge on any atom is -0.478 e. The number of hydrogen-bond donors (Lipinski definition) is 2. The molecule has 0 saturated heterocycles. The van der Waals surface area contributed by atoms with Gasteiger partial charge in [-0.05, 0) is 61.9 Å². The molecule has 1 heterocycles. The summed E-state index contributed by atoms with van der Waals surface area (Å²) in [6.45, 7) is 3.69. The predicted octanol–water partition coefficient (Wildman–Crippen LogP) is 3.86. The zero-order chi connectivity index (χ0) is 20.3. The maximum Gasteiger partial charge on any atom is 0.328 e. The van der Waals surface area contributed by atoms with Gasteiger partial charge in [0.05, 0.1) is 10.6 Å². The molecule has 0 saturated carbocycles. The molecular formula is C20H18N2O5S. The van der Waals surface area contributed by atoms with Crippen molar-refractivity contribution in [1.29, 1.82) is 0 Å². The van der Waals surface area contributed by atoms with Gasteiger partial charge in [0, 0.05) is 17.3 Å². The van der Waals surface area contributed by atoms with Gasteiger partial charge in [-0.1, -0.05) is 12.1 Å². The summed E-state index contributed by atoms with van der Waals surface area (Å²) in [6, 6.07) is 12.6. The van der Waals surface area contributed by atoms with E-state index in [9.17, 15) is 13.2 Å². The van der Waals surface area contributed by atoms with E-state index in [1.54, 1.807) is 24.3 Å². The van der Waals surface area contributed by atoms with E-state index >= 15 is 0 Å². The number of aliphatic carboxylic acids is 1. The first-order chi connectivity index (χ1) is 13.2. The zero-order valence-electron chi connectivity index (χ0n) is 15.2. The number of carbonyl (C=O) groups is 1. The predicted molar refractivity (Wildman–Crippen MR) is 105 cm³/mol. The second-order valence-corrected chi connectivity index (χ2v) is 7.77. The van der Waals surface area contributed by atoms with Crippen LogP contribution in [0.2, 0.25) is 0 Å². The molecular weight excluding hydrogens is 380 g/mol. The first-order valence-corrected chi connectivity index (χ1v) is 9.81. The van der Waals surface area contributed by atoms with E-state index in [2.05, 4.69) is 9.71 Å². The van der Waals surface area contributed by atoms with Gasteiger partial charge >= 0.3 is 5.97 Å². The summed E-state index contributed by atoms with van der Waals surface area (Å²) in [5.41, 5.74) is 2.54. The Hall–Kier alpha value is -3.39. The van der Waals surface area contributed by atoms with E-state index < -0.39 is 16.0 Å². The van der Waals surface area contributed by atoms with E-state index in [1.165, 1.54) is 30.3 Å². The third kappa shape index (κ3) is 4.47. The summed E-state index contributed by atoms with van der Waals surface area (Å²) in [5.74, 6) is 0.146. The van der Waals surface area contributed by atoms with E-state index in [0.29, 0.717) is 17.1 Å². The summed E-state index contributed by atoms with van der Waals surface area (Å²) in [4.78, 5) is 14.9. The number of anilines is 1. The number of benzene rings is 2. The molecule has 28 heavy (non-hydrogen) atoms. The largest absolute Gasteiger partial charge is 0.478 e. The normalized spacial score (nSPS) is 11.6. The Balaban J connectivity index is 1.75. The zero-order valence-corrected chi connectivity index (χ0v) is 16.0. The van der Waals surface area contributed by atoms with Crippen LogP contribution in [0.1, 0.15) is 17.0 Å². The highest BCUT2D eigenvalue weighted by Crippen LogP contribution is 2.24. The maximum absolute atomic E-state index is 12.5. The number of nitrogens with one attached hydrogen (secondary N) is 1. The number of rotatable bonds is 6. The van der Waals surface area contributed by atoms with Crippen LogP contribution in [0.25, 0.3) is 17.5 Å². The number of carboxylic acids is 1. The molecule has 0 fully saturated rings. The van der Waals surface area contributed by atoms with Gasteiger partial charge in [-0.2, -0.15) is 0 Å². The fraction of sp³-hybridized carbons (Fsp3) is 0.100. The van der Waals surface area contributed by atoms with Crippen LogP contribution in [0, 0.1) is 13.8 Å². The Bertz CT molecular complexity index is 1110. The summed E-state index contributed by atoms with van der Waals surface area (Å²) >= 11 is 0.